The van der Waals surface area contributed by atoms with E-state index in [1.165, 1.54) is 69.2 Å². The van der Waals surface area contributed by atoms with Gasteiger partial charge in [-0.3, -0.25) is 9.69 Å². The van der Waals surface area contributed by atoms with E-state index in [0.717, 1.165) is 41.9 Å². The second-order valence-electron chi connectivity index (χ2n) is 11.9. The molecule has 2 aromatic rings. The number of hydrogen-bond acceptors (Lipinski definition) is 5. The molecule has 2 aromatic carbocycles. The summed E-state index contributed by atoms with van der Waals surface area (Å²) in [5, 5.41) is 16.6. The average molecular weight is 505 g/mol. The van der Waals surface area contributed by atoms with Crippen LogP contribution in [-0.2, 0) is 17.8 Å². The maximum absolute atomic E-state index is 13.2. The average Bonchev–Trinajstić information content (AvgIpc) is 2.87. The number of piperidine rings is 1. The number of nitrogens with zero attached hydrogens (tertiary/aromatic N) is 1. The van der Waals surface area contributed by atoms with Crippen molar-refractivity contribution in [3.05, 3.63) is 58.1 Å². The molecule has 2 aliphatic heterocycles. The van der Waals surface area contributed by atoms with Crippen LogP contribution in [0, 0.1) is 19.3 Å². The number of rotatable bonds is 6. The second-order valence-corrected chi connectivity index (χ2v) is 11.9. The van der Waals surface area contributed by atoms with Gasteiger partial charge in [0.2, 0.25) is 5.91 Å². The Morgan fingerprint density at radius 2 is 1.86 bits per heavy atom. The van der Waals surface area contributed by atoms with Crippen molar-refractivity contribution in [1.82, 2.24) is 10.2 Å². The van der Waals surface area contributed by atoms with Crippen LogP contribution in [0.15, 0.2) is 30.3 Å². The van der Waals surface area contributed by atoms with Gasteiger partial charge >= 0.3 is 0 Å². The van der Waals surface area contributed by atoms with Gasteiger partial charge in [-0.2, -0.15) is 0 Å². The van der Waals surface area contributed by atoms with Crippen LogP contribution in [0.2, 0.25) is 0 Å². The summed E-state index contributed by atoms with van der Waals surface area (Å²) in [4.78, 5) is 15.8. The molecule has 3 aliphatic rings. The standard InChI is InChI=1S/C31H44N4O2/c1-21-15-24(36)16-22(2)25(21)18-27(32)30(37)34-29-9-13-33-28-8-7-23(17-26(28)29)19-35-14-6-12-31(20-35)10-4-3-5-11-31/h7-8,15-17,27,29,33,36H,3-6,9-14,18-20,32H2,1-2H3,(H,34,37)/t27-,29+/m0/s1. The molecule has 0 radical (unpaired) electrons. The molecule has 1 amide bonds. The zero-order valence-corrected chi connectivity index (χ0v) is 22.6. The first-order valence-electron chi connectivity index (χ1n) is 14.3. The van der Waals surface area contributed by atoms with Gasteiger partial charge < -0.3 is 21.5 Å². The van der Waals surface area contributed by atoms with Crippen molar-refractivity contribution >= 4 is 11.6 Å². The van der Waals surface area contributed by atoms with Crippen molar-refractivity contribution in [1.29, 1.82) is 0 Å². The number of phenolic OH excluding ortho intramolecular Hbond substituents is 1. The third kappa shape index (κ3) is 5.96. The van der Waals surface area contributed by atoms with Gasteiger partial charge in [0.25, 0.3) is 0 Å². The van der Waals surface area contributed by atoms with Crippen LogP contribution in [0.3, 0.4) is 0 Å². The third-order valence-electron chi connectivity index (χ3n) is 9.06. The van der Waals surface area contributed by atoms with Crippen molar-refractivity contribution < 1.29 is 9.90 Å². The Labute approximate surface area is 222 Å². The van der Waals surface area contributed by atoms with E-state index >= 15 is 0 Å². The van der Waals surface area contributed by atoms with E-state index in [1.54, 1.807) is 12.1 Å². The highest BCUT2D eigenvalue weighted by atomic mass is 16.3. The van der Waals surface area contributed by atoms with Crippen molar-refractivity contribution in [3.8, 4) is 5.75 Å². The molecule has 5 rings (SSSR count). The number of fused-ring (bicyclic) bond motifs is 1. The van der Waals surface area contributed by atoms with E-state index in [1.807, 2.05) is 13.8 Å². The van der Waals surface area contributed by atoms with Crippen molar-refractivity contribution in [2.75, 3.05) is 25.0 Å². The largest absolute Gasteiger partial charge is 0.508 e. The first-order valence-corrected chi connectivity index (χ1v) is 14.3. The summed E-state index contributed by atoms with van der Waals surface area (Å²) in [6.45, 7) is 8.13. The smallest absolute Gasteiger partial charge is 0.237 e. The van der Waals surface area contributed by atoms with E-state index in [4.69, 9.17) is 5.73 Å². The molecule has 1 saturated carbocycles. The summed E-state index contributed by atoms with van der Waals surface area (Å²) in [6, 6.07) is 9.53. The number of amides is 1. The van der Waals surface area contributed by atoms with E-state index in [-0.39, 0.29) is 17.7 Å². The highest BCUT2D eigenvalue weighted by Crippen LogP contribution is 2.43. The quantitative estimate of drug-likeness (QED) is 0.440. The molecule has 200 valence electrons. The number of carbonyl (C=O) groups excluding carboxylic acids is 1. The lowest BCUT2D eigenvalue weighted by Gasteiger charge is -2.45. The summed E-state index contributed by atoms with van der Waals surface area (Å²) in [6.07, 6.45) is 11.0. The van der Waals surface area contributed by atoms with Gasteiger partial charge in [-0.1, -0.05) is 31.4 Å². The number of hydrogen-bond donors (Lipinski definition) is 4. The van der Waals surface area contributed by atoms with Crippen LogP contribution >= 0.6 is 0 Å². The Bertz CT molecular complexity index is 1100. The maximum Gasteiger partial charge on any atom is 0.237 e. The van der Waals surface area contributed by atoms with Crippen LogP contribution in [0.25, 0.3) is 0 Å². The first-order chi connectivity index (χ1) is 17.8. The number of aryl methyl sites for hydroxylation is 2. The Hall–Kier alpha value is -2.57. The molecule has 1 aliphatic carbocycles. The summed E-state index contributed by atoms with van der Waals surface area (Å²) in [7, 11) is 0. The first kappa shape index (κ1) is 26.1. The molecule has 6 nitrogen and oxygen atoms in total. The normalized spacial score (nSPS) is 22.2. The van der Waals surface area contributed by atoms with Crippen LogP contribution in [-0.4, -0.2) is 41.6 Å². The molecule has 0 aromatic heterocycles. The van der Waals surface area contributed by atoms with Gasteiger partial charge in [0.1, 0.15) is 5.75 Å². The molecular weight excluding hydrogens is 460 g/mol. The maximum atomic E-state index is 13.2. The zero-order chi connectivity index (χ0) is 26.0. The highest BCUT2D eigenvalue weighted by molar-refractivity contribution is 5.82. The predicted octanol–water partition coefficient (Wildman–Crippen LogP) is 5.10. The lowest BCUT2D eigenvalue weighted by Crippen LogP contribution is -2.45. The lowest BCUT2D eigenvalue weighted by atomic mass is 9.69. The summed E-state index contributed by atoms with van der Waals surface area (Å²) in [5.74, 6) is 0.128. The lowest BCUT2D eigenvalue weighted by molar-refractivity contribution is -0.123. The number of carbonyl (C=O) groups is 1. The molecule has 1 spiro atoms. The van der Waals surface area contributed by atoms with Crippen LogP contribution in [0.4, 0.5) is 5.69 Å². The molecule has 0 bridgehead atoms. The fourth-order valence-corrected chi connectivity index (χ4v) is 7.11. The van der Waals surface area contributed by atoms with Gasteiger partial charge in [-0.25, -0.2) is 0 Å². The SMILES string of the molecule is Cc1cc(O)cc(C)c1C[C@H](N)C(=O)N[C@@H]1CCNc2ccc(CN3CCCC4(CCCCC4)C3)cc21. The monoisotopic (exact) mass is 504 g/mol. The van der Waals surface area contributed by atoms with E-state index in [2.05, 4.69) is 33.7 Å². The van der Waals surface area contributed by atoms with Crippen molar-refractivity contribution in [3.63, 3.8) is 0 Å². The fraction of sp³-hybridized carbons (Fsp3) is 0.581. The Balaban J connectivity index is 1.25. The number of anilines is 1. The molecule has 0 unspecified atom stereocenters. The van der Waals surface area contributed by atoms with Crippen LogP contribution in [0.5, 0.6) is 5.75 Å². The second kappa shape index (κ2) is 11.0. The van der Waals surface area contributed by atoms with Gasteiger partial charge in [0.15, 0.2) is 0 Å². The molecule has 2 heterocycles. The molecule has 2 atom stereocenters. The number of nitrogens with two attached hydrogens (primary N) is 1. The Morgan fingerprint density at radius 1 is 1.14 bits per heavy atom. The Morgan fingerprint density at radius 3 is 2.62 bits per heavy atom. The minimum Gasteiger partial charge on any atom is -0.508 e. The minimum atomic E-state index is -0.636. The summed E-state index contributed by atoms with van der Waals surface area (Å²) >= 11 is 0. The van der Waals surface area contributed by atoms with Crippen LogP contribution in [0.1, 0.15) is 85.2 Å². The fourth-order valence-electron chi connectivity index (χ4n) is 7.11. The minimum absolute atomic E-state index is 0.0391. The van der Waals surface area contributed by atoms with Gasteiger partial charge in [-0.15, -0.1) is 0 Å². The topological polar surface area (TPSA) is 90.6 Å². The van der Waals surface area contributed by atoms with E-state index in [0.29, 0.717) is 11.8 Å². The highest BCUT2D eigenvalue weighted by Gasteiger charge is 2.36. The van der Waals surface area contributed by atoms with Crippen molar-refractivity contribution in [2.45, 2.75) is 90.3 Å². The predicted molar refractivity (Wildman–Crippen MR) is 150 cm³/mol. The number of aromatic hydroxyl groups is 1. The zero-order valence-electron chi connectivity index (χ0n) is 22.6. The van der Waals surface area contributed by atoms with E-state index in [9.17, 15) is 9.90 Å². The molecule has 5 N–H and O–H groups in total. The molecule has 37 heavy (non-hydrogen) atoms. The number of benzene rings is 2. The molecule has 1 saturated heterocycles. The molecule has 6 heteroatoms. The molecule has 2 fully saturated rings. The van der Waals surface area contributed by atoms with E-state index < -0.39 is 6.04 Å². The van der Waals surface area contributed by atoms with Crippen molar-refractivity contribution in [2.24, 2.45) is 11.1 Å². The number of likely N-dealkylation sites (tertiary alicyclic amines) is 1. The number of phenols is 1. The van der Waals surface area contributed by atoms with Gasteiger partial charge in [0, 0.05) is 25.3 Å². The third-order valence-corrected chi connectivity index (χ3v) is 9.06. The summed E-state index contributed by atoms with van der Waals surface area (Å²) in [5.41, 5.74) is 13.5. The molecular formula is C31H44N4O2. The van der Waals surface area contributed by atoms with Gasteiger partial charge in [0.05, 0.1) is 12.1 Å². The Kier molecular flexibility index (Phi) is 7.77. The van der Waals surface area contributed by atoms with Gasteiger partial charge in [-0.05, 0) is 110 Å². The summed E-state index contributed by atoms with van der Waals surface area (Å²) < 4.78 is 0. The number of nitrogens with one attached hydrogen (secondary N) is 2. The van der Waals surface area contributed by atoms with Crippen LogP contribution < -0.4 is 16.4 Å².